The van der Waals surface area contributed by atoms with Crippen molar-refractivity contribution in [3.8, 4) is 0 Å². The Labute approximate surface area is 103 Å². The standard InChI is InChI=1S/C12H22N4O/c1-11(5-4-6-13-7-8-17-3)9-12-14-10-15-16(12)2/h5,10,13H,4,6-9H2,1-3H3. The van der Waals surface area contributed by atoms with Crippen LogP contribution in [0.3, 0.4) is 0 Å². The van der Waals surface area contributed by atoms with E-state index in [0.29, 0.717) is 0 Å². The third-order valence-electron chi connectivity index (χ3n) is 2.54. The summed E-state index contributed by atoms with van der Waals surface area (Å²) in [6.07, 6.45) is 5.74. The molecule has 1 rings (SSSR count). The Morgan fingerprint density at radius 2 is 2.35 bits per heavy atom. The molecule has 5 heteroatoms. The number of aromatic nitrogens is 3. The summed E-state index contributed by atoms with van der Waals surface area (Å²) in [6, 6.07) is 0. The Hall–Kier alpha value is -1.20. The molecule has 0 fully saturated rings. The van der Waals surface area contributed by atoms with Gasteiger partial charge in [-0.05, 0) is 19.9 Å². The second-order valence-corrected chi connectivity index (χ2v) is 4.06. The van der Waals surface area contributed by atoms with Crippen LogP contribution in [-0.4, -0.2) is 41.6 Å². The molecule has 0 unspecified atom stereocenters. The van der Waals surface area contributed by atoms with E-state index in [0.717, 1.165) is 38.4 Å². The van der Waals surface area contributed by atoms with E-state index < -0.39 is 0 Å². The lowest BCUT2D eigenvalue weighted by Gasteiger charge is -2.03. The molecule has 0 aliphatic rings. The lowest BCUT2D eigenvalue weighted by molar-refractivity contribution is 0.199. The van der Waals surface area contributed by atoms with Crippen molar-refractivity contribution in [1.82, 2.24) is 20.1 Å². The summed E-state index contributed by atoms with van der Waals surface area (Å²) >= 11 is 0. The van der Waals surface area contributed by atoms with Crippen LogP contribution in [0.2, 0.25) is 0 Å². The molecule has 0 aliphatic carbocycles. The minimum atomic E-state index is 0.766. The predicted molar refractivity (Wildman–Crippen MR) is 67.8 cm³/mol. The highest BCUT2D eigenvalue weighted by Gasteiger charge is 2.00. The highest BCUT2D eigenvalue weighted by atomic mass is 16.5. The van der Waals surface area contributed by atoms with Crippen LogP contribution in [-0.2, 0) is 18.2 Å². The minimum Gasteiger partial charge on any atom is -0.383 e. The first-order chi connectivity index (χ1) is 8.24. The summed E-state index contributed by atoms with van der Waals surface area (Å²) < 4.78 is 6.77. The highest BCUT2D eigenvalue weighted by Crippen LogP contribution is 2.03. The van der Waals surface area contributed by atoms with Crippen molar-refractivity contribution < 1.29 is 4.74 Å². The number of hydrogen-bond donors (Lipinski definition) is 1. The van der Waals surface area contributed by atoms with Crippen LogP contribution >= 0.6 is 0 Å². The average Bonchev–Trinajstić information content (AvgIpc) is 2.69. The first-order valence-corrected chi connectivity index (χ1v) is 5.92. The second kappa shape index (κ2) is 7.97. The molecular weight excluding hydrogens is 216 g/mol. The molecule has 0 radical (unpaired) electrons. The SMILES string of the molecule is COCCNCCC=C(C)Cc1ncnn1C. The molecular formula is C12H22N4O. The molecule has 0 aromatic carbocycles. The first-order valence-electron chi connectivity index (χ1n) is 5.92. The summed E-state index contributed by atoms with van der Waals surface area (Å²) in [5.41, 5.74) is 1.33. The maximum Gasteiger partial charge on any atom is 0.138 e. The van der Waals surface area contributed by atoms with Crippen LogP contribution in [0, 0.1) is 0 Å². The maximum absolute atomic E-state index is 4.96. The molecule has 0 saturated carbocycles. The predicted octanol–water partition coefficient (Wildman–Crippen LogP) is 0.930. The van der Waals surface area contributed by atoms with Crippen molar-refractivity contribution in [2.24, 2.45) is 7.05 Å². The van der Waals surface area contributed by atoms with Gasteiger partial charge in [0.05, 0.1) is 6.61 Å². The monoisotopic (exact) mass is 238 g/mol. The number of ether oxygens (including phenoxy) is 1. The molecule has 1 aromatic heterocycles. The van der Waals surface area contributed by atoms with E-state index in [2.05, 4.69) is 28.4 Å². The van der Waals surface area contributed by atoms with Crippen LogP contribution in [0.15, 0.2) is 18.0 Å². The molecule has 1 heterocycles. The van der Waals surface area contributed by atoms with Gasteiger partial charge in [0.15, 0.2) is 0 Å². The zero-order valence-electron chi connectivity index (χ0n) is 10.9. The van der Waals surface area contributed by atoms with Crippen molar-refractivity contribution in [3.05, 3.63) is 23.8 Å². The van der Waals surface area contributed by atoms with E-state index >= 15 is 0 Å². The number of nitrogens with one attached hydrogen (secondary N) is 1. The Bertz CT molecular complexity index is 346. The van der Waals surface area contributed by atoms with Crippen molar-refractivity contribution >= 4 is 0 Å². The van der Waals surface area contributed by atoms with Gasteiger partial charge in [0, 0.05) is 27.1 Å². The Kier molecular flexibility index (Phi) is 6.50. The Balaban J connectivity index is 2.19. The molecule has 96 valence electrons. The first kappa shape index (κ1) is 13.9. The van der Waals surface area contributed by atoms with Gasteiger partial charge in [0.2, 0.25) is 0 Å². The number of methoxy groups -OCH3 is 1. The molecule has 1 aromatic rings. The van der Waals surface area contributed by atoms with Gasteiger partial charge < -0.3 is 10.1 Å². The molecule has 0 saturated heterocycles. The van der Waals surface area contributed by atoms with Crippen LogP contribution < -0.4 is 5.32 Å². The molecule has 0 spiro atoms. The topological polar surface area (TPSA) is 52.0 Å². The van der Waals surface area contributed by atoms with Gasteiger partial charge in [-0.1, -0.05) is 11.6 Å². The highest BCUT2D eigenvalue weighted by molar-refractivity contribution is 5.06. The zero-order valence-corrected chi connectivity index (χ0v) is 10.9. The molecule has 0 atom stereocenters. The number of aryl methyl sites for hydroxylation is 1. The van der Waals surface area contributed by atoms with Crippen LogP contribution in [0.5, 0.6) is 0 Å². The van der Waals surface area contributed by atoms with E-state index in [-0.39, 0.29) is 0 Å². The van der Waals surface area contributed by atoms with Crippen LogP contribution in [0.4, 0.5) is 0 Å². The molecule has 0 bridgehead atoms. The zero-order chi connectivity index (χ0) is 12.5. The fourth-order valence-corrected chi connectivity index (χ4v) is 1.52. The lowest BCUT2D eigenvalue weighted by atomic mass is 10.1. The lowest BCUT2D eigenvalue weighted by Crippen LogP contribution is -2.19. The van der Waals surface area contributed by atoms with Gasteiger partial charge in [-0.2, -0.15) is 5.10 Å². The average molecular weight is 238 g/mol. The van der Waals surface area contributed by atoms with E-state index in [9.17, 15) is 0 Å². The molecule has 17 heavy (non-hydrogen) atoms. The number of rotatable bonds is 8. The van der Waals surface area contributed by atoms with E-state index in [1.165, 1.54) is 5.57 Å². The quantitative estimate of drug-likeness (QED) is 0.541. The normalized spacial score (nSPS) is 12.1. The molecule has 0 amide bonds. The summed E-state index contributed by atoms with van der Waals surface area (Å²) in [7, 11) is 3.63. The summed E-state index contributed by atoms with van der Waals surface area (Å²) in [5, 5.41) is 7.36. The van der Waals surface area contributed by atoms with Gasteiger partial charge in [-0.15, -0.1) is 0 Å². The summed E-state index contributed by atoms with van der Waals surface area (Å²) in [5.74, 6) is 1.01. The van der Waals surface area contributed by atoms with Crippen LogP contribution in [0.25, 0.3) is 0 Å². The van der Waals surface area contributed by atoms with Gasteiger partial charge in [-0.25, -0.2) is 4.98 Å². The fraction of sp³-hybridized carbons (Fsp3) is 0.667. The third kappa shape index (κ3) is 5.60. The fourth-order valence-electron chi connectivity index (χ4n) is 1.52. The Morgan fingerprint density at radius 3 is 3.00 bits per heavy atom. The maximum atomic E-state index is 4.96. The number of allylic oxidation sites excluding steroid dienone is 1. The summed E-state index contributed by atoms with van der Waals surface area (Å²) in [4.78, 5) is 4.20. The summed E-state index contributed by atoms with van der Waals surface area (Å²) in [6.45, 7) is 4.79. The number of nitrogens with zero attached hydrogens (tertiary/aromatic N) is 3. The molecule has 1 N–H and O–H groups in total. The third-order valence-corrected chi connectivity index (χ3v) is 2.54. The van der Waals surface area contributed by atoms with E-state index in [1.807, 2.05) is 11.7 Å². The van der Waals surface area contributed by atoms with Crippen molar-refractivity contribution in [1.29, 1.82) is 0 Å². The van der Waals surface area contributed by atoms with Gasteiger partial charge >= 0.3 is 0 Å². The smallest absolute Gasteiger partial charge is 0.138 e. The van der Waals surface area contributed by atoms with E-state index in [4.69, 9.17) is 4.74 Å². The van der Waals surface area contributed by atoms with Gasteiger partial charge in [-0.3, -0.25) is 4.68 Å². The van der Waals surface area contributed by atoms with Crippen molar-refractivity contribution in [2.45, 2.75) is 19.8 Å². The molecule has 0 aliphatic heterocycles. The van der Waals surface area contributed by atoms with Gasteiger partial charge in [0.25, 0.3) is 0 Å². The minimum absolute atomic E-state index is 0.766. The van der Waals surface area contributed by atoms with E-state index in [1.54, 1.807) is 13.4 Å². The van der Waals surface area contributed by atoms with Gasteiger partial charge in [0.1, 0.15) is 12.2 Å². The Morgan fingerprint density at radius 1 is 1.53 bits per heavy atom. The number of hydrogen-bond acceptors (Lipinski definition) is 4. The van der Waals surface area contributed by atoms with Crippen LogP contribution in [0.1, 0.15) is 19.2 Å². The van der Waals surface area contributed by atoms with Crippen molar-refractivity contribution in [2.75, 3.05) is 26.8 Å². The largest absolute Gasteiger partial charge is 0.383 e. The van der Waals surface area contributed by atoms with Crippen molar-refractivity contribution in [3.63, 3.8) is 0 Å². The molecule has 5 nitrogen and oxygen atoms in total. The second-order valence-electron chi connectivity index (χ2n) is 4.06.